The van der Waals surface area contributed by atoms with Crippen LogP contribution >= 0.6 is 0 Å². The van der Waals surface area contributed by atoms with Crippen molar-refractivity contribution in [3.8, 4) is 11.5 Å². The van der Waals surface area contributed by atoms with Gasteiger partial charge in [-0.15, -0.1) is 0 Å². The summed E-state index contributed by atoms with van der Waals surface area (Å²) in [6.07, 6.45) is 3.01. The van der Waals surface area contributed by atoms with Gasteiger partial charge < -0.3 is 19.3 Å². The molecule has 20 heavy (non-hydrogen) atoms. The molecule has 0 amide bonds. The molecule has 0 radical (unpaired) electrons. The Bertz CT molecular complexity index is 471. The second-order valence-corrected chi connectivity index (χ2v) is 4.92. The zero-order valence-corrected chi connectivity index (χ0v) is 11.8. The van der Waals surface area contributed by atoms with Gasteiger partial charge in [0.05, 0.1) is 25.9 Å². The lowest BCUT2D eigenvalue weighted by molar-refractivity contribution is 0.0522. The van der Waals surface area contributed by atoms with Gasteiger partial charge in [-0.05, 0) is 37.5 Å². The highest BCUT2D eigenvalue weighted by Crippen LogP contribution is 2.32. The summed E-state index contributed by atoms with van der Waals surface area (Å²) in [5, 5.41) is 9.66. The highest BCUT2D eigenvalue weighted by molar-refractivity contribution is 5.90. The van der Waals surface area contributed by atoms with E-state index in [1.807, 2.05) is 0 Å². The molecule has 1 fully saturated rings. The maximum atomic E-state index is 11.5. The highest BCUT2D eigenvalue weighted by Gasteiger charge is 2.23. The van der Waals surface area contributed by atoms with E-state index in [4.69, 9.17) is 9.47 Å². The van der Waals surface area contributed by atoms with E-state index >= 15 is 0 Å². The molecule has 0 aliphatic heterocycles. The first-order valence-electron chi connectivity index (χ1n) is 6.75. The zero-order valence-electron chi connectivity index (χ0n) is 11.8. The molecule has 1 N–H and O–H groups in total. The minimum Gasteiger partial charge on any atom is -0.493 e. The Kier molecular flexibility index (Phi) is 4.84. The first-order chi connectivity index (χ1) is 9.63. The molecule has 1 aliphatic carbocycles. The molecule has 110 valence electrons. The Morgan fingerprint density at radius 2 is 2.05 bits per heavy atom. The summed E-state index contributed by atoms with van der Waals surface area (Å²) >= 11 is 0. The number of methoxy groups -OCH3 is 2. The number of aliphatic hydroxyl groups is 1. The average molecular weight is 280 g/mol. The Morgan fingerprint density at radius 3 is 2.70 bits per heavy atom. The second-order valence-electron chi connectivity index (χ2n) is 4.92. The van der Waals surface area contributed by atoms with Crippen LogP contribution in [0.3, 0.4) is 0 Å². The quantitative estimate of drug-likeness (QED) is 0.856. The lowest BCUT2D eigenvalue weighted by Gasteiger charge is -2.27. The molecule has 0 aromatic heterocycles. The third-order valence-corrected chi connectivity index (χ3v) is 3.48. The first-order valence-corrected chi connectivity index (χ1v) is 6.75. The van der Waals surface area contributed by atoms with Crippen molar-refractivity contribution in [1.29, 1.82) is 0 Å². The van der Waals surface area contributed by atoms with Crippen molar-refractivity contribution in [2.45, 2.75) is 37.9 Å². The van der Waals surface area contributed by atoms with Gasteiger partial charge in [0.2, 0.25) is 0 Å². The fourth-order valence-corrected chi connectivity index (χ4v) is 2.42. The number of carbonyl (C=O) groups is 1. The van der Waals surface area contributed by atoms with Crippen molar-refractivity contribution in [1.82, 2.24) is 0 Å². The van der Waals surface area contributed by atoms with E-state index in [1.54, 1.807) is 18.2 Å². The van der Waals surface area contributed by atoms with Crippen LogP contribution in [0.4, 0.5) is 0 Å². The SMILES string of the molecule is COC(=O)c1ccc(OC2CCCC(O)C2)c(OC)c1. The predicted molar refractivity (Wildman–Crippen MR) is 73.2 cm³/mol. The summed E-state index contributed by atoms with van der Waals surface area (Å²) in [7, 11) is 2.86. The molecular formula is C15H20O5. The van der Waals surface area contributed by atoms with Crippen LogP contribution in [0.1, 0.15) is 36.0 Å². The number of hydrogen-bond acceptors (Lipinski definition) is 5. The van der Waals surface area contributed by atoms with E-state index in [0.717, 1.165) is 19.3 Å². The zero-order chi connectivity index (χ0) is 14.5. The summed E-state index contributed by atoms with van der Waals surface area (Å²) in [6, 6.07) is 4.94. The average Bonchev–Trinajstić information content (AvgIpc) is 2.47. The molecule has 2 unspecified atom stereocenters. The highest BCUT2D eigenvalue weighted by atomic mass is 16.5. The van der Waals surface area contributed by atoms with E-state index in [-0.39, 0.29) is 12.2 Å². The van der Waals surface area contributed by atoms with Crippen molar-refractivity contribution in [3.63, 3.8) is 0 Å². The Hall–Kier alpha value is -1.75. The van der Waals surface area contributed by atoms with E-state index < -0.39 is 5.97 Å². The molecule has 5 nitrogen and oxygen atoms in total. The van der Waals surface area contributed by atoms with Gasteiger partial charge in [-0.2, -0.15) is 0 Å². The largest absolute Gasteiger partial charge is 0.493 e. The summed E-state index contributed by atoms with van der Waals surface area (Å²) in [4.78, 5) is 11.5. The van der Waals surface area contributed by atoms with E-state index in [0.29, 0.717) is 23.5 Å². The van der Waals surface area contributed by atoms with Crippen LogP contribution in [0.5, 0.6) is 11.5 Å². The van der Waals surface area contributed by atoms with Crippen LogP contribution in [-0.2, 0) is 4.74 Å². The normalized spacial score (nSPS) is 22.1. The Balaban J connectivity index is 2.13. The molecule has 1 aromatic rings. The Morgan fingerprint density at radius 1 is 1.25 bits per heavy atom. The smallest absolute Gasteiger partial charge is 0.337 e. The lowest BCUT2D eigenvalue weighted by Crippen LogP contribution is -2.28. The molecular weight excluding hydrogens is 260 g/mol. The molecule has 5 heteroatoms. The van der Waals surface area contributed by atoms with Crippen LogP contribution in [-0.4, -0.2) is 37.5 Å². The summed E-state index contributed by atoms with van der Waals surface area (Å²) in [5.41, 5.74) is 0.417. The minimum atomic E-state index is -0.414. The molecule has 2 rings (SSSR count). The maximum absolute atomic E-state index is 11.5. The molecule has 0 heterocycles. The monoisotopic (exact) mass is 280 g/mol. The number of benzene rings is 1. The first kappa shape index (κ1) is 14.7. The van der Waals surface area contributed by atoms with Crippen LogP contribution in [0.15, 0.2) is 18.2 Å². The summed E-state index contributed by atoms with van der Waals surface area (Å²) < 4.78 is 15.8. The van der Waals surface area contributed by atoms with E-state index in [2.05, 4.69) is 4.74 Å². The van der Waals surface area contributed by atoms with Crippen molar-refractivity contribution in [2.75, 3.05) is 14.2 Å². The van der Waals surface area contributed by atoms with Gasteiger partial charge in [0.25, 0.3) is 0 Å². The van der Waals surface area contributed by atoms with Crippen molar-refractivity contribution < 1.29 is 24.1 Å². The molecule has 2 atom stereocenters. The molecule has 1 aliphatic rings. The number of hydrogen-bond donors (Lipinski definition) is 1. The minimum absolute atomic E-state index is 0.0170. The van der Waals surface area contributed by atoms with Gasteiger partial charge in [0.15, 0.2) is 11.5 Å². The van der Waals surface area contributed by atoms with E-state index in [9.17, 15) is 9.90 Å². The van der Waals surface area contributed by atoms with Gasteiger partial charge in [0.1, 0.15) is 6.10 Å². The van der Waals surface area contributed by atoms with Crippen LogP contribution in [0, 0.1) is 0 Å². The maximum Gasteiger partial charge on any atom is 0.337 e. The number of ether oxygens (including phenoxy) is 3. The number of aliphatic hydroxyl groups excluding tert-OH is 1. The Labute approximate surface area is 118 Å². The van der Waals surface area contributed by atoms with Crippen molar-refractivity contribution in [3.05, 3.63) is 23.8 Å². The fraction of sp³-hybridized carbons (Fsp3) is 0.533. The molecule has 0 saturated heterocycles. The summed E-state index contributed by atoms with van der Waals surface area (Å²) in [6.45, 7) is 0. The lowest BCUT2D eigenvalue weighted by atomic mass is 9.95. The van der Waals surface area contributed by atoms with Crippen molar-refractivity contribution in [2.24, 2.45) is 0 Å². The van der Waals surface area contributed by atoms with Crippen LogP contribution in [0.25, 0.3) is 0 Å². The molecule has 1 aromatic carbocycles. The fourth-order valence-electron chi connectivity index (χ4n) is 2.42. The molecule has 1 saturated carbocycles. The van der Waals surface area contributed by atoms with Crippen LogP contribution in [0.2, 0.25) is 0 Å². The molecule has 0 spiro atoms. The van der Waals surface area contributed by atoms with Gasteiger partial charge in [-0.1, -0.05) is 0 Å². The summed E-state index contributed by atoms with van der Waals surface area (Å²) in [5.74, 6) is 0.662. The number of carbonyl (C=O) groups excluding carboxylic acids is 1. The van der Waals surface area contributed by atoms with Crippen molar-refractivity contribution >= 4 is 5.97 Å². The second kappa shape index (κ2) is 6.61. The molecule has 0 bridgehead atoms. The van der Waals surface area contributed by atoms with Gasteiger partial charge in [-0.25, -0.2) is 4.79 Å². The topological polar surface area (TPSA) is 65.0 Å². The third-order valence-electron chi connectivity index (χ3n) is 3.48. The van der Waals surface area contributed by atoms with Crippen LogP contribution < -0.4 is 9.47 Å². The van der Waals surface area contributed by atoms with Gasteiger partial charge in [0, 0.05) is 6.42 Å². The standard InChI is InChI=1S/C15H20O5/c1-18-14-8-10(15(17)19-2)6-7-13(14)20-12-5-3-4-11(16)9-12/h6-8,11-12,16H,3-5,9H2,1-2H3. The van der Waals surface area contributed by atoms with Gasteiger partial charge in [-0.3, -0.25) is 0 Å². The van der Waals surface area contributed by atoms with E-state index in [1.165, 1.54) is 14.2 Å². The number of esters is 1. The number of rotatable bonds is 4. The van der Waals surface area contributed by atoms with Gasteiger partial charge >= 0.3 is 5.97 Å². The third kappa shape index (κ3) is 3.42. The predicted octanol–water partition coefficient (Wildman–Crippen LogP) is 2.16.